The lowest BCUT2D eigenvalue weighted by atomic mass is 10.1. The standard InChI is InChI=1S/C15H14O4/c16-12-6-7-13(14(17)10-12)15(18)19-9-8-11-4-2-1-3-5-11/h1-7,10,16-17H,8-9H2. The summed E-state index contributed by atoms with van der Waals surface area (Å²) in [5.41, 5.74) is 1.12. The molecule has 0 heterocycles. The van der Waals surface area contributed by atoms with Crippen LogP contribution in [0.25, 0.3) is 0 Å². The molecule has 0 aliphatic carbocycles. The largest absolute Gasteiger partial charge is 0.508 e. The molecule has 0 fully saturated rings. The lowest BCUT2D eigenvalue weighted by molar-refractivity contribution is 0.0506. The topological polar surface area (TPSA) is 66.8 Å². The van der Waals surface area contributed by atoms with Gasteiger partial charge in [-0.3, -0.25) is 0 Å². The van der Waals surface area contributed by atoms with Crippen molar-refractivity contribution < 1.29 is 19.7 Å². The zero-order chi connectivity index (χ0) is 13.7. The van der Waals surface area contributed by atoms with Crippen molar-refractivity contribution in [2.24, 2.45) is 0 Å². The molecule has 98 valence electrons. The van der Waals surface area contributed by atoms with Crippen LogP contribution in [0.4, 0.5) is 0 Å². The summed E-state index contributed by atoms with van der Waals surface area (Å²) in [6.07, 6.45) is 0.616. The summed E-state index contributed by atoms with van der Waals surface area (Å²) in [4.78, 5) is 11.7. The molecule has 0 aliphatic rings. The van der Waals surface area contributed by atoms with Crippen LogP contribution in [0.5, 0.6) is 11.5 Å². The molecule has 0 aliphatic heterocycles. The fourth-order valence-corrected chi connectivity index (χ4v) is 1.68. The molecule has 0 spiro atoms. The molecule has 4 heteroatoms. The van der Waals surface area contributed by atoms with Crippen LogP contribution in [0.1, 0.15) is 15.9 Å². The molecule has 0 amide bonds. The van der Waals surface area contributed by atoms with Crippen LogP contribution in [-0.4, -0.2) is 22.8 Å². The van der Waals surface area contributed by atoms with Gasteiger partial charge in [-0.25, -0.2) is 4.79 Å². The molecule has 2 aromatic carbocycles. The maximum absolute atomic E-state index is 11.7. The summed E-state index contributed by atoms with van der Waals surface area (Å²) in [6.45, 7) is 0.239. The van der Waals surface area contributed by atoms with Crippen LogP contribution in [0.2, 0.25) is 0 Å². The smallest absolute Gasteiger partial charge is 0.341 e. The van der Waals surface area contributed by atoms with E-state index >= 15 is 0 Å². The predicted octanol–water partition coefficient (Wildman–Crippen LogP) is 2.50. The highest BCUT2D eigenvalue weighted by molar-refractivity contribution is 5.92. The van der Waals surface area contributed by atoms with E-state index in [2.05, 4.69) is 0 Å². The van der Waals surface area contributed by atoms with Crippen LogP contribution in [0.15, 0.2) is 48.5 Å². The van der Waals surface area contributed by atoms with Crippen LogP contribution in [0.3, 0.4) is 0 Å². The van der Waals surface area contributed by atoms with E-state index in [1.807, 2.05) is 30.3 Å². The van der Waals surface area contributed by atoms with Gasteiger partial charge in [0.05, 0.1) is 6.61 Å². The van der Waals surface area contributed by atoms with Gasteiger partial charge in [-0.15, -0.1) is 0 Å². The third-order valence-electron chi connectivity index (χ3n) is 2.67. The Bertz CT molecular complexity index is 564. The lowest BCUT2D eigenvalue weighted by Crippen LogP contribution is -2.08. The Morgan fingerprint density at radius 1 is 1.05 bits per heavy atom. The first-order valence-corrected chi connectivity index (χ1v) is 5.90. The van der Waals surface area contributed by atoms with Gasteiger partial charge in [-0.1, -0.05) is 30.3 Å². The number of rotatable bonds is 4. The Morgan fingerprint density at radius 2 is 1.79 bits per heavy atom. The lowest BCUT2D eigenvalue weighted by Gasteiger charge is -2.06. The number of ether oxygens (including phenoxy) is 1. The Hall–Kier alpha value is -2.49. The molecule has 0 saturated carbocycles. The predicted molar refractivity (Wildman–Crippen MR) is 70.2 cm³/mol. The quantitative estimate of drug-likeness (QED) is 0.827. The zero-order valence-corrected chi connectivity index (χ0v) is 10.2. The van der Waals surface area contributed by atoms with E-state index in [-0.39, 0.29) is 23.7 Å². The average molecular weight is 258 g/mol. The Kier molecular flexibility index (Phi) is 4.03. The maximum Gasteiger partial charge on any atom is 0.341 e. The van der Waals surface area contributed by atoms with Crippen molar-refractivity contribution in [1.29, 1.82) is 0 Å². The van der Waals surface area contributed by atoms with Crippen molar-refractivity contribution >= 4 is 5.97 Å². The van der Waals surface area contributed by atoms with Crippen molar-refractivity contribution in [1.82, 2.24) is 0 Å². The van der Waals surface area contributed by atoms with Crippen LogP contribution in [0, 0.1) is 0 Å². The second kappa shape index (κ2) is 5.91. The molecular weight excluding hydrogens is 244 g/mol. The van der Waals surface area contributed by atoms with Crippen molar-refractivity contribution in [3.05, 3.63) is 59.7 Å². The molecule has 4 nitrogen and oxygen atoms in total. The molecule has 0 radical (unpaired) electrons. The summed E-state index contributed by atoms with van der Waals surface area (Å²) in [5.74, 6) is -0.989. The first-order valence-electron chi connectivity index (χ1n) is 5.90. The minimum Gasteiger partial charge on any atom is -0.508 e. The first-order chi connectivity index (χ1) is 9.16. The summed E-state index contributed by atoms with van der Waals surface area (Å²) >= 11 is 0. The van der Waals surface area contributed by atoms with E-state index in [1.54, 1.807) is 0 Å². The first kappa shape index (κ1) is 13.0. The number of phenolic OH excluding ortho intramolecular Hbond substituents is 2. The Morgan fingerprint density at radius 3 is 2.47 bits per heavy atom. The number of carbonyl (C=O) groups is 1. The van der Waals surface area contributed by atoms with E-state index in [0.29, 0.717) is 6.42 Å². The molecule has 0 bridgehead atoms. The van der Waals surface area contributed by atoms with Gasteiger partial charge < -0.3 is 14.9 Å². The fourth-order valence-electron chi connectivity index (χ4n) is 1.68. The summed E-state index contributed by atoms with van der Waals surface area (Å²) in [6, 6.07) is 13.4. The number of benzene rings is 2. The molecule has 19 heavy (non-hydrogen) atoms. The highest BCUT2D eigenvalue weighted by atomic mass is 16.5. The van der Waals surface area contributed by atoms with Gasteiger partial charge in [0.15, 0.2) is 0 Å². The van der Waals surface area contributed by atoms with E-state index in [0.717, 1.165) is 11.6 Å². The summed E-state index contributed by atoms with van der Waals surface area (Å²) in [7, 11) is 0. The van der Waals surface area contributed by atoms with Gasteiger partial charge in [-0.2, -0.15) is 0 Å². The van der Waals surface area contributed by atoms with Crippen molar-refractivity contribution in [2.45, 2.75) is 6.42 Å². The second-order valence-corrected chi connectivity index (χ2v) is 4.07. The molecule has 2 N–H and O–H groups in total. The fraction of sp³-hybridized carbons (Fsp3) is 0.133. The molecule has 0 atom stereocenters. The van der Waals surface area contributed by atoms with Gasteiger partial charge in [0, 0.05) is 12.5 Å². The molecule has 2 aromatic rings. The average Bonchev–Trinajstić information content (AvgIpc) is 2.39. The Balaban J connectivity index is 1.91. The van der Waals surface area contributed by atoms with Crippen molar-refractivity contribution in [3.8, 4) is 11.5 Å². The van der Waals surface area contributed by atoms with E-state index in [9.17, 15) is 9.90 Å². The highest BCUT2D eigenvalue weighted by Crippen LogP contribution is 2.23. The van der Waals surface area contributed by atoms with Gasteiger partial charge in [0.25, 0.3) is 0 Å². The second-order valence-electron chi connectivity index (χ2n) is 4.07. The molecule has 2 rings (SSSR count). The number of hydrogen-bond acceptors (Lipinski definition) is 4. The van der Waals surface area contributed by atoms with E-state index in [4.69, 9.17) is 9.84 Å². The monoisotopic (exact) mass is 258 g/mol. The van der Waals surface area contributed by atoms with E-state index in [1.165, 1.54) is 12.1 Å². The van der Waals surface area contributed by atoms with Gasteiger partial charge in [0.2, 0.25) is 0 Å². The van der Waals surface area contributed by atoms with Crippen molar-refractivity contribution in [3.63, 3.8) is 0 Å². The Labute approximate surface area is 110 Å². The van der Waals surface area contributed by atoms with Crippen LogP contribution < -0.4 is 0 Å². The van der Waals surface area contributed by atoms with Gasteiger partial charge in [-0.05, 0) is 17.7 Å². The molecule has 0 unspecified atom stereocenters. The van der Waals surface area contributed by atoms with Crippen molar-refractivity contribution in [2.75, 3.05) is 6.61 Å². The summed E-state index contributed by atoms with van der Waals surface area (Å²) < 4.78 is 5.07. The third kappa shape index (κ3) is 3.48. The van der Waals surface area contributed by atoms with Crippen LogP contribution in [-0.2, 0) is 11.2 Å². The van der Waals surface area contributed by atoms with E-state index < -0.39 is 5.97 Å². The highest BCUT2D eigenvalue weighted by Gasteiger charge is 2.12. The van der Waals surface area contributed by atoms with Gasteiger partial charge in [0.1, 0.15) is 17.1 Å². The number of phenols is 2. The number of hydrogen-bond donors (Lipinski definition) is 2. The minimum absolute atomic E-state index is 0.0471. The normalized spacial score (nSPS) is 10.1. The number of aromatic hydroxyl groups is 2. The third-order valence-corrected chi connectivity index (χ3v) is 2.67. The number of carbonyl (C=O) groups excluding carboxylic acids is 1. The van der Waals surface area contributed by atoms with Crippen LogP contribution >= 0.6 is 0 Å². The maximum atomic E-state index is 11.7. The zero-order valence-electron chi connectivity index (χ0n) is 10.2. The molecule has 0 saturated heterocycles. The SMILES string of the molecule is O=C(OCCc1ccccc1)c1ccc(O)cc1O. The minimum atomic E-state index is -0.603. The molecular formula is C15H14O4. The molecule has 0 aromatic heterocycles. The van der Waals surface area contributed by atoms with Gasteiger partial charge >= 0.3 is 5.97 Å². The summed E-state index contributed by atoms with van der Waals surface area (Å²) in [5, 5.41) is 18.6. The number of esters is 1.